The van der Waals surface area contributed by atoms with Crippen molar-refractivity contribution in [1.29, 1.82) is 0 Å². The van der Waals surface area contributed by atoms with Gasteiger partial charge >= 0.3 is 0 Å². The van der Waals surface area contributed by atoms with Crippen molar-refractivity contribution in [3.05, 3.63) is 71.8 Å². The summed E-state index contributed by atoms with van der Waals surface area (Å²) in [4.78, 5) is 4.48. The van der Waals surface area contributed by atoms with Crippen LogP contribution < -0.4 is 11.1 Å². The fraction of sp³-hybridized carbons (Fsp3) is 0.350. The van der Waals surface area contributed by atoms with Crippen molar-refractivity contribution < 1.29 is 0 Å². The largest absolute Gasteiger partial charge is 0.370 e. The molecule has 0 heterocycles. The van der Waals surface area contributed by atoms with Gasteiger partial charge in [-0.2, -0.15) is 0 Å². The minimum absolute atomic E-state index is 0. The molecule has 0 spiro atoms. The zero-order chi connectivity index (χ0) is 16.7. The summed E-state index contributed by atoms with van der Waals surface area (Å²) in [5.74, 6) is 0.848. The number of rotatable bonds is 5. The molecule has 2 aromatic carbocycles. The number of halogens is 1. The number of guanidine groups is 1. The van der Waals surface area contributed by atoms with Gasteiger partial charge < -0.3 is 11.1 Å². The van der Waals surface area contributed by atoms with Gasteiger partial charge in [-0.05, 0) is 38.3 Å². The van der Waals surface area contributed by atoms with Crippen LogP contribution in [-0.4, -0.2) is 18.0 Å². The topological polar surface area (TPSA) is 50.4 Å². The van der Waals surface area contributed by atoms with Crippen molar-refractivity contribution >= 4 is 29.9 Å². The summed E-state index contributed by atoms with van der Waals surface area (Å²) in [5, 5.41) is 3.20. The van der Waals surface area contributed by atoms with Crippen LogP contribution in [0.15, 0.2) is 65.7 Å². The van der Waals surface area contributed by atoms with Crippen LogP contribution in [0.3, 0.4) is 0 Å². The van der Waals surface area contributed by atoms with E-state index in [4.69, 9.17) is 5.73 Å². The zero-order valence-corrected chi connectivity index (χ0v) is 17.0. The monoisotopic (exact) mass is 437 g/mol. The van der Waals surface area contributed by atoms with Crippen LogP contribution in [0.2, 0.25) is 0 Å². The zero-order valence-electron chi connectivity index (χ0n) is 14.7. The molecule has 0 amide bonds. The standard InChI is InChI=1S/C20H27N3.HI/c1-20(2,3)23-19(21)22-15-14-18(16-10-6-4-7-11-16)17-12-8-5-9-13-17;/h4-13,18H,14-15H2,1-3H3,(H3,21,22,23);1H. The van der Waals surface area contributed by atoms with Crippen LogP contribution in [0.25, 0.3) is 0 Å². The third-order valence-electron chi connectivity index (χ3n) is 3.61. The first-order valence-corrected chi connectivity index (χ1v) is 8.14. The second kappa shape index (κ2) is 9.67. The maximum absolute atomic E-state index is 5.96. The van der Waals surface area contributed by atoms with Crippen LogP contribution >= 0.6 is 24.0 Å². The van der Waals surface area contributed by atoms with Crippen LogP contribution in [0.5, 0.6) is 0 Å². The number of nitrogens with two attached hydrogens (primary N) is 1. The number of aliphatic imine (C=N–C) groups is 1. The van der Waals surface area contributed by atoms with Crippen molar-refractivity contribution in [3.63, 3.8) is 0 Å². The van der Waals surface area contributed by atoms with E-state index in [-0.39, 0.29) is 29.5 Å². The Hall–Kier alpha value is -1.56. The van der Waals surface area contributed by atoms with Gasteiger partial charge in [-0.3, -0.25) is 4.99 Å². The number of hydrogen-bond acceptors (Lipinski definition) is 1. The number of nitrogens with one attached hydrogen (secondary N) is 1. The van der Waals surface area contributed by atoms with Crippen molar-refractivity contribution in [2.24, 2.45) is 10.7 Å². The van der Waals surface area contributed by atoms with E-state index in [1.165, 1.54) is 11.1 Å². The van der Waals surface area contributed by atoms with Crippen LogP contribution in [0.1, 0.15) is 44.2 Å². The van der Waals surface area contributed by atoms with E-state index in [2.05, 4.69) is 91.7 Å². The lowest BCUT2D eigenvalue weighted by molar-refractivity contribution is 0.508. The molecular formula is C20H28IN3. The fourth-order valence-corrected chi connectivity index (χ4v) is 2.63. The molecular weight excluding hydrogens is 409 g/mol. The summed E-state index contributed by atoms with van der Waals surface area (Å²) in [6.45, 7) is 6.92. The van der Waals surface area contributed by atoms with Crippen LogP contribution in [-0.2, 0) is 0 Å². The second-order valence-corrected chi connectivity index (χ2v) is 6.80. The van der Waals surface area contributed by atoms with Crippen molar-refractivity contribution in [2.45, 2.75) is 38.6 Å². The first kappa shape index (κ1) is 20.5. The summed E-state index contributed by atoms with van der Waals surface area (Å²) < 4.78 is 0. The maximum Gasteiger partial charge on any atom is 0.188 e. The Balaban J connectivity index is 0.00000288. The Kier molecular flexibility index (Phi) is 8.25. The Labute approximate surface area is 162 Å². The summed E-state index contributed by atoms with van der Waals surface area (Å²) in [5.41, 5.74) is 8.53. The molecule has 0 aromatic heterocycles. The Morgan fingerprint density at radius 2 is 1.42 bits per heavy atom. The summed E-state index contributed by atoms with van der Waals surface area (Å²) in [6, 6.07) is 21.2. The first-order chi connectivity index (χ1) is 11.0. The van der Waals surface area contributed by atoms with E-state index in [0.29, 0.717) is 18.4 Å². The third-order valence-corrected chi connectivity index (χ3v) is 3.61. The van der Waals surface area contributed by atoms with E-state index >= 15 is 0 Å². The van der Waals surface area contributed by atoms with Gasteiger partial charge in [0.15, 0.2) is 5.96 Å². The van der Waals surface area contributed by atoms with E-state index in [9.17, 15) is 0 Å². The average Bonchev–Trinajstić information content (AvgIpc) is 2.51. The smallest absolute Gasteiger partial charge is 0.188 e. The van der Waals surface area contributed by atoms with E-state index in [1.807, 2.05) is 0 Å². The highest BCUT2D eigenvalue weighted by Crippen LogP contribution is 2.27. The molecule has 3 N–H and O–H groups in total. The van der Waals surface area contributed by atoms with Crippen molar-refractivity contribution in [1.82, 2.24) is 5.32 Å². The molecule has 0 atom stereocenters. The van der Waals surface area contributed by atoms with E-state index in [0.717, 1.165) is 6.42 Å². The van der Waals surface area contributed by atoms with E-state index in [1.54, 1.807) is 0 Å². The molecule has 0 aliphatic rings. The molecule has 0 aliphatic carbocycles. The lowest BCUT2D eigenvalue weighted by Crippen LogP contribution is -2.45. The number of hydrogen-bond donors (Lipinski definition) is 2. The van der Waals surface area contributed by atoms with Gasteiger partial charge in [-0.15, -0.1) is 24.0 Å². The predicted octanol–water partition coefficient (Wildman–Crippen LogP) is 4.53. The highest BCUT2D eigenvalue weighted by atomic mass is 127. The summed E-state index contributed by atoms with van der Waals surface area (Å²) in [7, 11) is 0. The fourth-order valence-electron chi connectivity index (χ4n) is 2.63. The van der Waals surface area contributed by atoms with Crippen molar-refractivity contribution in [2.75, 3.05) is 6.54 Å². The normalized spacial score (nSPS) is 11.9. The SMILES string of the molecule is CC(C)(C)NC(N)=NCCC(c1ccccc1)c1ccccc1.I. The Morgan fingerprint density at radius 1 is 0.958 bits per heavy atom. The molecule has 2 aromatic rings. The molecule has 0 bridgehead atoms. The van der Waals surface area contributed by atoms with Crippen LogP contribution in [0.4, 0.5) is 0 Å². The lowest BCUT2D eigenvalue weighted by Gasteiger charge is -2.21. The van der Waals surface area contributed by atoms with Gasteiger partial charge in [0.1, 0.15) is 0 Å². The summed E-state index contributed by atoms with van der Waals surface area (Å²) >= 11 is 0. The molecule has 2 rings (SSSR count). The Bertz CT molecular complexity index is 579. The highest BCUT2D eigenvalue weighted by molar-refractivity contribution is 14.0. The Morgan fingerprint density at radius 3 is 1.83 bits per heavy atom. The highest BCUT2D eigenvalue weighted by Gasteiger charge is 2.14. The molecule has 24 heavy (non-hydrogen) atoms. The van der Waals surface area contributed by atoms with Gasteiger partial charge in [0.2, 0.25) is 0 Å². The average molecular weight is 437 g/mol. The quantitative estimate of drug-likeness (QED) is 0.410. The van der Waals surface area contributed by atoms with Crippen molar-refractivity contribution in [3.8, 4) is 0 Å². The summed E-state index contributed by atoms with van der Waals surface area (Å²) in [6.07, 6.45) is 0.931. The third kappa shape index (κ3) is 6.91. The maximum atomic E-state index is 5.96. The molecule has 0 fully saturated rings. The first-order valence-electron chi connectivity index (χ1n) is 8.14. The van der Waals surface area contributed by atoms with Gasteiger partial charge in [-0.25, -0.2) is 0 Å². The molecule has 3 nitrogen and oxygen atoms in total. The van der Waals surface area contributed by atoms with E-state index < -0.39 is 0 Å². The minimum atomic E-state index is -0.0636. The minimum Gasteiger partial charge on any atom is -0.370 e. The molecule has 130 valence electrons. The van der Waals surface area contributed by atoms with Crippen LogP contribution in [0, 0.1) is 0 Å². The van der Waals surface area contributed by atoms with Gasteiger partial charge in [0.05, 0.1) is 0 Å². The predicted molar refractivity (Wildman–Crippen MR) is 114 cm³/mol. The van der Waals surface area contributed by atoms with Gasteiger partial charge in [0, 0.05) is 18.0 Å². The van der Waals surface area contributed by atoms with Gasteiger partial charge in [0.25, 0.3) is 0 Å². The number of benzene rings is 2. The molecule has 0 unspecified atom stereocenters. The molecule has 0 radical (unpaired) electrons. The lowest BCUT2D eigenvalue weighted by atomic mass is 9.89. The number of nitrogens with zero attached hydrogens (tertiary/aromatic N) is 1. The molecule has 0 aliphatic heterocycles. The molecule has 0 saturated carbocycles. The second-order valence-electron chi connectivity index (χ2n) is 6.80. The molecule has 0 saturated heterocycles. The molecule has 4 heteroatoms. The van der Waals surface area contributed by atoms with Gasteiger partial charge in [-0.1, -0.05) is 60.7 Å².